The average Bonchev–Trinajstić information content (AvgIpc) is 2.92. The molecule has 7 heteroatoms. The highest BCUT2D eigenvalue weighted by Crippen LogP contribution is 2.25. The van der Waals surface area contributed by atoms with Crippen molar-refractivity contribution in [2.45, 2.75) is 46.1 Å². The predicted octanol–water partition coefficient (Wildman–Crippen LogP) is 3.24. The second kappa shape index (κ2) is 6.14. The quantitative estimate of drug-likeness (QED) is 0.795. The molecule has 0 amide bonds. The third-order valence-electron chi connectivity index (χ3n) is 3.88. The van der Waals surface area contributed by atoms with Crippen LogP contribution in [-0.2, 0) is 6.54 Å². The SMILES string of the molecule is CC(C)c1nc(C(C)C)c2ncn(Cc3cc(F)cnc3N)c2n1. The molecule has 3 heterocycles. The molecule has 0 saturated heterocycles. The molecular weight excluding hydrogens is 307 g/mol. The van der Waals surface area contributed by atoms with Gasteiger partial charge in [-0.1, -0.05) is 27.7 Å². The van der Waals surface area contributed by atoms with E-state index in [0.29, 0.717) is 17.9 Å². The van der Waals surface area contributed by atoms with E-state index in [4.69, 9.17) is 5.73 Å². The van der Waals surface area contributed by atoms with Gasteiger partial charge in [-0.25, -0.2) is 24.3 Å². The van der Waals surface area contributed by atoms with Gasteiger partial charge in [0.2, 0.25) is 0 Å². The van der Waals surface area contributed by atoms with Crippen LogP contribution in [0.25, 0.3) is 11.2 Å². The van der Waals surface area contributed by atoms with E-state index in [-0.39, 0.29) is 11.8 Å². The number of nitrogen functional groups attached to an aromatic ring is 1. The van der Waals surface area contributed by atoms with Crippen molar-refractivity contribution in [2.24, 2.45) is 0 Å². The Hall–Kier alpha value is -2.57. The summed E-state index contributed by atoms with van der Waals surface area (Å²) < 4.78 is 15.3. The zero-order valence-electron chi connectivity index (χ0n) is 14.3. The lowest BCUT2D eigenvalue weighted by Crippen LogP contribution is -2.08. The molecule has 0 aliphatic heterocycles. The normalized spacial score (nSPS) is 11.8. The zero-order chi connectivity index (χ0) is 17.4. The fraction of sp³-hybridized carbons (Fsp3) is 0.412. The Labute approximate surface area is 140 Å². The number of pyridine rings is 1. The van der Waals surface area contributed by atoms with Gasteiger partial charge < -0.3 is 10.3 Å². The third kappa shape index (κ3) is 2.93. The number of anilines is 1. The van der Waals surface area contributed by atoms with Crippen LogP contribution in [0.3, 0.4) is 0 Å². The summed E-state index contributed by atoms with van der Waals surface area (Å²) in [5, 5.41) is 0. The molecule has 6 nitrogen and oxygen atoms in total. The molecule has 24 heavy (non-hydrogen) atoms. The van der Waals surface area contributed by atoms with Gasteiger partial charge in [-0.15, -0.1) is 0 Å². The molecule has 0 aliphatic rings. The Balaban J connectivity index is 2.13. The van der Waals surface area contributed by atoms with Crippen LogP contribution in [0.5, 0.6) is 0 Å². The topological polar surface area (TPSA) is 82.5 Å². The number of nitrogens with two attached hydrogens (primary N) is 1. The maximum atomic E-state index is 13.5. The molecule has 3 rings (SSSR count). The average molecular weight is 328 g/mol. The number of halogens is 1. The van der Waals surface area contributed by atoms with Crippen molar-refractivity contribution in [3.05, 3.63) is 41.5 Å². The van der Waals surface area contributed by atoms with E-state index in [0.717, 1.165) is 28.9 Å². The predicted molar refractivity (Wildman–Crippen MR) is 91.2 cm³/mol. The van der Waals surface area contributed by atoms with Crippen LogP contribution >= 0.6 is 0 Å². The van der Waals surface area contributed by atoms with Crippen molar-refractivity contribution < 1.29 is 4.39 Å². The number of imidazole rings is 1. The first-order valence-corrected chi connectivity index (χ1v) is 7.99. The number of aromatic nitrogens is 5. The molecule has 3 aromatic rings. The lowest BCUT2D eigenvalue weighted by Gasteiger charge is -2.12. The van der Waals surface area contributed by atoms with Gasteiger partial charge in [-0.3, -0.25) is 0 Å². The van der Waals surface area contributed by atoms with Gasteiger partial charge in [0.15, 0.2) is 5.65 Å². The lowest BCUT2D eigenvalue weighted by atomic mass is 10.1. The van der Waals surface area contributed by atoms with Gasteiger partial charge in [0, 0.05) is 11.5 Å². The standard InChI is InChI=1S/C17H21FN6/c1-9(2)13-14-17(23-16(22-13)10(3)4)24(8-21-14)7-11-5-12(18)6-20-15(11)19/h5-6,8-10H,7H2,1-4H3,(H2,19,20). The summed E-state index contributed by atoms with van der Waals surface area (Å²) in [6.07, 6.45) is 2.81. The Morgan fingerprint density at radius 2 is 1.88 bits per heavy atom. The van der Waals surface area contributed by atoms with Crippen LogP contribution in [0.15, 0.2) is 18.6 Å². The Kier molecular flexibility index (Phi) is 4.17. The highest BCUT2D eigenvalue weighted by Gasteiger charge is 2.17. The summed E-state index contributed by atoms with van der Waals surface area (Å²) >= 11 is 0. The maximum absolute atomic E-state index is 13.5. The van der Waals surface area contributed by atoms with E-state index in [2.05, 4.69) is 47.6 Å². The molecule has 0 saturated carbocycles. The molecular formula is C17H21FN6. The van der Waals surface area contributed by atoms with E-state index in [1.165, 1.54) is 6.07 Å². The van der Waals surface area contributed by atoms with E-state index in [1.807, 2.05) is 4.57 Å². The van der Waals surface area contributed by atoms with Crippen LogP contribution in [-0.4, -0.2) is 24.5 Å². The monoisotopic (exact) mass is 328 g/mol. The van der Waals surface area contributed by atoms with Gasteiger partial charge in [0.05, 0.1) is 24.8 Å². The summed E-state index contributed by atoms with van der Waals surface area (Å²) in [6, 6.07) is 1.39. The summed E-state index contributed by atoms with van der Waals surface area (Å²) in [5.74, 6) is 1.11. The molecule has 0 fully saturated rings. The molecule has 0 spiro atoms. The molecule has 0 aromatic carbocycles. The van der Waals surface area contributed by atoms with Gasteiger partial charge in [-0.2, -0.15) is 0 Å². The Morgan fingerprint density at radius 3 is 2.54 bits per heavy atom. The first kappa shape index (κ1) is 16.3. The minimum Gasteiger partial charge on any atom is -0.383 e. The maximum Gasteiger partial charge on any atom is 0.164 e. The first-order chi connectivity index (χ1) is 11.4. The summed E-state index contributed by atoms with van der Waals surface area (Å²) in [5.41, 5.74) is 8.90. The van der Waals surface area contributed by atoms with Gasteiger partial charge >= 0.3 is 0 Å². The fourth-order valence-electron chi connectivity index (χ4n) is 2.56. The summed E-state index contributed by atoms with van der Waals surface area (Å²) in [4.78, 5) is 17.7. The minimum atomic E-state index is -0.413. The summed E-state index contributed by atoms with van der Waals surface area (Å²) in [6.45, 7) is 8.64. The Bertz CT molecular complexity index is 884. The molecule has 126 valence electrons. The van der Waals surface area contributed by atoms with E-state index in [9.17, 15) is 4.39 Å². The van der Waals surface area contributed by atoms with Crippen LogP contribution < -0.4 is 5.73 Å². The smallest absolute Gasteiger partial charge is 0.164 e. The number of fused-ring (bicyclic) bond motifs is 1. The molecule has 0 radical (unpaired) electrons. The minimum absolute atomic E-state index is 0.205. The van der Waals surface area contributed by atoms with Crippen LogP contribution in [0.2, 0.25) is 0 Å². The van der Waals surface area contributed by atoms with E-state index in [1.54, 1.807) is 6.33 Å². The zero-order valence-corrected chi connectivity index (χ0v) is 14.3. The van der Waals surface area contributed by atoms with Gasteiger partial charge in [0.1, 0.15) is 23.0 Å². The molecule has 0 atom stereocenters. The second-order valence-corrected chi connectivity index (χ2v) is 6.52. The molecule has 0 bridgehead atoms. The van der Waals surface area contributed by atoms with Crippen LogP contribution in [0, 0.1) is 5.82 Å². The summed E-state index contributed by atoms with van der Waals surface area (Å²) in [7, 11) is 0. The van der Waals surface area contributed by atoms with Crippen molar-refractivity contribution in [1.82, 2.24) is 24.5 Å². The molecule has 0 unspecified atom stereocenters. The van der Waals surface area contributed by atoms with Gasteiger partial charge in [-0.05, 0) is 12.0 Å². The van der Waals surface area contributed by atoms with Crippen molar-refractivity contribution in [3.63, 3.8) is 0 Å². The van der Waals surface area contributed by atoms with Crippen molar-refractivity contribution in [3.8, 4) is 0 Å². The highest BCUT2D eigenvalue weighted by molar-refractivity contribution is 5.74. The number of hydrogen-bond donors (Lipinski definition) is 1. The number of nitrogens with zero attached hydrogens (tertiary/aromatic N) is 5. The fourth-order valence-corrected chi connectivity index (χ4v) is 2.56. The first-order valence-electron chi connectivity index (χ1n) is 7.99. The number of rotatable bonds is 4. The molecule has 0 aliphatic carbocycles. The molecule has 2 N–H and O–H groups in total. The van der Waals surface area contributed by atoms with Crippen molar-refractivity contribution in [2.75, 3.05) is 5.73 Å². The van der Waals surface area contributed by atoms with E-state index >= 15 is 0 Å². The number of hydrogen-bond acceptors (Lipinski definition) is 5. The largest absolute Gasteiger partial charge is 0.383 e. The Morgan fingerprint density at radius 1 is 1.12 bits per heavy atom. The third-order valence-corrected chi connectivity index (χ3v) is 3.88. The second-order valence-electron chi connectivity index (χ2n) is 6.52. The van der Waals surface area contributed by atoms with Crippen LogP contribution in [0.4, 0.5) is 10.2 Å². The molecule has 3 aromatic heterocycles. The van der Waals surface area contributed by atoms with E-state index < -0.39 is 5.82 Å². The van der Waals surface area contributed by atoms with Crippen molar-refractivity contribution >= 4 is 17.0 Å². The van der Waals surface area contributed by atoms with Crippen molar-refractivity contribution in [1.29, 1.82) is 0 Å². The van der Waals surface area contributed by atoms with Gasteiger partial charge in [0.25, 0.3) is 0 Å². The highest BCUT2D eigenvalue weighted by atomic mass is 19.1. The van der Waals surface area contributed by atoms with Crippen LogP contribution in [0.1, 0.15) is 56.6 Å². The lowest BCUT2D eigenvalue weighted by molar-refractivity contribution is 0.617.